The van der Waals surface area contributed by atoms with Crippen LogP contribution in [0.3, 0.4) is 0 Å². The molecule has 2 aliphatic rings. The number of nitrogens with one attached hydrogen (secondary N) is 1. The molecule has 0 spiro atoms. The molecule has 1 saturated heterocycles. The van der Waals surface area contributed by atoms with Crippen molar-refractivity contribution in [3.8, 4) is 0 Å². The lowest BCUT2D eigenvalue weighted by Gasteiger charge is -2.32. The Morgan fingerprint density at radius 3 is 2.67 bits per heavy atom. The number of carbonyl (C=O) groups excluding carboxylic acids is 1. The van der Waals surface area contributed by atoms with Gasteiger partial charge >= 0.3 is 0 Å². The fourth-order valence-corrected chi connectivity index (χ4v) is 3.56. The molecule has 2 heterocycles. The van der Waals surface area contributed by atoms with Gasteiger partial charge in [0.2, 0.25) is 0 Å². The molecule has 0 aromatic carbocycles. The number of nitrogens with zero attached hydrogens (tertiary/aromatic N) is 2. The summed E-state index contributed by atoms with van der Waals surface area (Å²) in [7, 11) is 0. The van der Waals surface area contributed by atoms with Crippen LogP contribution in [0.4, 0.5) is 0 Å². The SMILES string of the molecule is CC(C)c1nc(C(=O)N2CCC(NCC3CC3)CC2)cs1. The Morgan fingerprint density at radius 2 is 2.10 bits per heavy atom. The minimum absolute atomic E-state index is 0.110. The first-order valence-electron chi connectivity index (χ1n) is 8.11. The number of likely N-dealkylation sites (tertiary alicyclic amines) is 1. The average Bonchev–Trinajstić information content (AvgIpc) is 3.18. The quantitative estimate of drug-likeness (QED) is 0.910. The topological polar surface area (TPSA) is 45.2 Å². The van der Waals surface area contributed by atoms with Crippen LogP contribution < -0.4 is 5.32 Å². The van der Waals surface area contributed by atoms with Gasteiger partial charge in [0, 0.05) is 30.4 Å². The zero-order valence-corrected chi connectivity index (χ0v) is 13.8. The zero-order chi connectivity index (χ0) is 14.8. The normalized spacial score (nSPS) is 20.2. The Morgan fingerprint density at radius 1 is 1.38 bits per heavy atom. The second kappa shape index (κ2) is 6.44. The number of aromatic nitrogens is 1. The van der Waals surface area contributed by atoms with Crippen LogP contribution >= 0.6 is 11.3 Å². The smallest absolute Gasteiger partial charge is 0.273 e. The van der Waals surface area contributed by atoms with Gasteiger partial charge in [0.05, 0.1) is 5.01 Å². The third-order valence-corrected chi connectivity index (χ3v) is 5.55. The lowest BCUT2D eigenvalue weighted by molar-refractivity contribution is 0.0699. The maximum Gasteiger partial charge on any atom is 0.273 e. The van der Waals surface area contributed by atoms with Crippen LogP contribution in [0.25, 0.3) is 0 Å². The predicted octanol–water partition coefficient (Wildman–Crippen LogP) is 2.87. The second-order valence-electron chi connectivity index (χ2n) is 6.64. The van der Waals surface area contributed by atoms with Crippen LogP contribution in [0.15, 0.2) is 5.38 Å². The highest BCUT2D eigenvalue weighted by molar-refractivity contribution is 7.09. The van der Waals surface area contributed by atoms with Crippen LogP contribution in [-0.2, 0) is 0 Å². The van der Waals surface area contributed by atoms with E-state index in [0.29, 0.717) is 17.7 Å². The first kappa shape index (κ1) is 15.0. The van der Waals surface area contributed by atoms with Crippen molar-refractivity contribution in [2.45, 2.75) is 51.5 Å². The number of hydrogen-bond donors (Lipinski definition) is 1. The van der Waals surface area contributed by atoms with Crippen LogP contribution in [0.5, 0.6) is 0 Å². The van der Waals surface area contributed by atoms with E-state index in [-0.39, 0.29) is 5.91 Å². The van der Waals surface area contributed by atoms with E-state index in [1.54, 1.807) is 11.3 Å². The summed E-state index contributed by atoms with van der Waals surface area (Å²) in [5.41, 5.74) is 0.632. The average molecular weight is 307 g/mol. The Kier molecular flexibility index (Phi) is 4.60. The summed E-state index contributed by atoms with van der Waals surface area (Å²) in [6.45, 7) is 7.11. The molecule has 5 heteroatoms. The Labute approximate surface area is 130 Å². The number of thiazole rings is 1. The molecule has 1 aliphatic carbocycles. The molecular weight excluding hydrogens is 282 g/mol. The lowest BCUT2D eigenvalue weighted by Crippen LogP contribution is -2.45. The van der Waals surface area contributed by atoms with Gasteiger partial charge in [-0.2, -0.15) is 0 Å². The molecule has 116 valence electrons. The van der Waals surface area contributed by atoms with E-state index in [1.807, 2.05) is 10.3 Å². The third-order valence-electron chi connectivity index (χ3n) is 4.41. The lowest BCUT2D eigenvalue weighted by atomic mass is 10.0. The monoisotopic (exact) mass is 307 g/mol. The molecule has 1 aromatic rings. The molecule has 1 saturated carbocycles. The van der Waals surface area contributed by atoms with Gasteiger partial charge in [0.25, 0.3) is 5.91 Å². The van der Waals surface area contributed by atoms with Crippen molar-refractivity contribution >= 4 is 17.2 Å². The van der Waals surface area contributed by atoms with Crippen LogP contribution in [0.2, 0.25) is 0 Å². The molecule has 0 radical (unpaired) electrons. The van der Waals surface area contributed by atoms with Crippen molar-refractivity contribution in [3.63, 3.8) is 0 Å². The van der Waals surface area contributed by atoms with Gasteiger partial charge in [-0.1, -0.05) is 13.8 Å². The van der Waals surface area contributed by atoms with Crippen molar-refractivity contribution in [1.29, 1.82) is 0 Å². The summed E-state index contributed by atoms with van der Waals surface area (Å²) in [6.07, 6.45) is 4.93. The van der Waals surface area contributed by atoms with E-state index in [9.17, 15) is 4.79 Å². The first-order chi connectivity index (χ1) is 10.1. The Bertz CT molecular complexity index is 487. The van der Waals surface area contributed by atoms with E-state index in [1.165, 1.54) is 19.4 Å². The highest BCUT2D eigenvalue weighted by Crippen LogP contribution is 2.28. The van der Waals surface area contributed by atoms with Crippen LogP contribution in [0.1, 0.15) is 60.9 Å². The third kappa shape index (κ3) is 3.83. The summed E-state index contributed by atoms with van der Waals surface area (Å²) in [6, 6.07) is 0.594. The van der Waals surface area contributed by atoms with Crippen molar-refractivity contribution in [2.75, 3.05) is 19.6 Å². The molecule has 4 nitrogen and oxygen atoms in total. The van der Waals surface area contributed by atoms with E-state index >= 15 is 0 Å². The number of amides is 1. The molecule has 0 unspecified atom stereocenters. The largest absolute Gasteiger partial charge is 0.337 e. The molecule has 1 N–H and O–H groups in total. The Hall–Kier alpha value is -0.940. The number of carbonyl (C=O) groups is 1. The number of piperidine rings is 1. The standard InChI is InChI=1S/C16H25N3OS/c1-11(2)15-18-14(10-21-15)16(20)19-7-5-13(6-8-19)17-9-12-3-4-12/h10-13,17H,3-9H2,1-2H3. The maximum atomic E-state index is 12.5. The van der Waals surface area contributed by atoms with Crippen molar-refractivity contribution in [3.05, 3.63) is 16.1 Å². The van der Waals surface area contributed by atoms with Crippen molar-refractivity contribution in [2.24, 2.45) is 5.92 Å². The fraction of sp³-hybridized carbons (Fsp3) is 0.750. The minimum Gasteiger partial charge on any atom is -0.337 e. The predicted molar refractivity (Wildman–Crippen MR) is 85.9 cm³/mol. The highest BCUT2D eigenvalue weighted by Gasteiger charge is 2.27. The molecule has 1 aromatic heterocycles. The number of rotatable bonds is 5. The van der Waals surface area contributed by atoms with Gasteiger partial charge in [-0.05, 0) is 38.1 Å². The van der Waals surface area contributed by atoms with Crippen molar-refractivity contribution in [1.82, 2.24) is 15.2 Å². The van der Waals surface area contributed by atoms with Gasteiger partial charge in [0.15, 0.2) is 0 Å². The van der Waals surface area contributed by atoms with E-state index in [4.69, 9.17) is 0 Å². The molecular formula is C16H25N3OS. The van der Waals surface area contributed by atoms with E-state index in [2.05, 4.69) is 24.1 Å². The van der Waals surface area contributed by atoms with Crippen LogP contribution in [0, 0.1) is 5.92 Å². The number of hydrogen-bond acceptors (Lipinski definition) is 4. The van der Waals surface area contributed by atoms with Crippen molar-refractivity contribution < 1.29 is 4.79 Å². The highest BCUT2D eigenvalue weighted by atomic mass is 32.1. The van der Waals surface area contributed by atoms with Gasteiger partial charge in [-0.15, -0.1) is 11.3 Å². The van der Waals surface area contributed by atoms with Gasteiger partial charge < -0.3 is 10.2 Å². The summed E-state index contributed by atoms with van der Waals surface area (Å²) < 4.78 is 0. The van der Waals surface area contributed by atoms with E-state index in [0.717, 1.165) is 36.9 Å². The summed E-state index contributed by atoms with van der Waals surface area (Å²) >= 11 is 1.60. The summed E-state index contributed by atoms with van der Waals surface area (Å²) in [4.78, 5) is 18.9. The Balaban J connectivity index is 1.49. The fourth-order valence-electron chi connectivity index (χ4n) is 2.76. The maximum absolute atomic E-state index is 12.5. The van der Waals surface area contributed by atoms with Gasteiger partial charge in [-0.25, -0.2) is 4.98 Å². The van der Waals surface area contributed by atoms with E-state index < -0.39 is 0 Å². The summed E-state index contributed by atoms with van der Waals surface area (Å²) in [5, 5.41) is 6.62. The molecule has 21 heavy (non-hydrogen) atoms. The van der Waals surface area contributed by atoms with Gasteiger partial charge in [-0.3, -0.25) is 4.79 Å². The second-order valence-corrected chi connectivity index (χ2v) is 7.53. The first-order valence-corrected chi connectivity index (χ1v) is 8.99. The molecule has 0 bridgehead atoms. The van der Waals surface area contributed by atoms with Gasteiger partial charge in [0.1, 0.15) is 5.69 Å². The summed E-state index contributed by atoms with van der Waals surface area (Å²) in [5.74, 6) is 1.43. The molecule has 2 fully saturated rings. The molecule has 1 aliphatic heterocycles. The molecule has 3 rings (SSSR count). The zero-order valence-electron chi connectivity index (χ0n) is 13.0. The molecule has 0 atom stereocenters. The molecule has 1 amide bonds. The minimum atomic E-state index is 0.110. The van der Waals surface area contributed by atoms with Crippen LogP contribution in [-0.4, -0.2) is 41.5 Å².